The number of rotatable bonds is 4. The van der Waals surface area contributed by atoms with E-state index in [0.29, 0.717) is 11.5 Å². The molecule has 2 N–H and O–H groups in total. The van der Waals surface area contributed by atoms with Crippen LogP contribution < -0.4 is 5.32 Å². The molecule has 0 aliphatic heterocycles. The van der Waals surface area contributed by atoms with Crippen molar-refractivity contribution in [3.63, 3.8) is 0 Å². The molecule has 136 valence electrons. The molecule has 3 nitrogen and oxygen atoms in total. The van der Waals surface area contributed by atoms with Crippen molar-refractivity contribution in [2.75, 3.05) is 5.32 Å². The molecule has 0 fully saturated rings. The molecular weight excluding hydrogens is 322 g/mol. The number of nitrogens with one attached hydrogen (secondary N) is 1. The van der Waals surface area contributed by atoms with Gasteiger partial charge < -0.3 is 10.4 Å². The van der Waals surface area contributed by atoms with E-state index in [9.17, 15) is 4.79 Å². The number of carbonyl (C=O) groups is 1. The maximum Gasteiger partial charge on any atom is 0.335 e. The van der Waals surface area contributed by atoms with Crippen molar-refractivity contribution in [3.05, 3.63) is 64.7 Å². The Kier molecular flexibility index (Phi) is 4.66. The van der Waals surface area contributed by atoms with Crippen LogP contribution in [-0.2, 0) is 5.41 Å². The van der Waals surface area contributed by atoms with Crippen LogP contribution in [0.4, 0.5) is 11.4 Å². The van der Waals surface area contributed by atoms with Crippen molar-refractivity contribution >= 4 is 22.9 Å². The number of aryl methyl sites for hydroxylation is 1. The summed E-state index contributed by atoms with van der Waals surface area (Å²) in [6.07, 6.45) is 3.45. The number of anilines is 2. The van der Waals surface area contributed by atoms with Crippen LogP contribution in [0.3, 0.4) is 0 Å². The first-order valence-electron chi connectivity index (χ1n) is 9.15. The third-order valence-electron chi connectivity index (χ3n) is 5.27. The van der Waals surface area contributed by atoms with Gasteiger partial charge in [-0.05, 0) is 77.3 Å². The average molecular weight is 349 g/mol. The van der Waals surface area contributed by atoms with E-state index in [1.54, 1.807) is 12.1 Å². The van der Waals surface area contributed by atoms with Crippen LogP contribution in [0, 0.1) is 12.8 Å². The van der Waals surface area contributed by atoms with Gasteiger partial charge in [0.2, 0.25) is 0 Å². The molecule has 0 radical (unpaired) electrons. The topological polar surface area (TPSA) is 49.3 Å². The summed E-state index contributed by atoms with van der Waals surface area (Å²) in [5.41, 5.74) is 7.73. The molecule has 0 aromatic heterocycles. The van der Waals surface area contributed by atoms with Crippen molar-refractivity contribution in [1.29, 1.82) is 0 Å². The van der Waals surface area contributed by atoms with E-state index >= 15 is 0 Å². The fourth-order valence-corrected chi connectivity index (χ4v) is 3.62. The molecule has 0 saturated heterocycles. The first-order valence-corrected chi connectivity index (χ1v) is 9.15. The molecule has 0 amide bonds. The summed E-state index contributed by atoms with van der Waals surface area (Å²) >= 11 is 0. The fraction of sp³-hybridized carbons (Fsp3) is 0.348. The number of aromatic carboxylic acids is 1. The number of hydrogen-bond acceptors (Lipinski definition) is 2. The van der Waals surface area contributed by atoms with E-state index in [-0.39, 0.29) is 5.41 Å². The van der Waals surface area contributed by atoms with Crippen molar-refractivity contribution in [2.45, 2.75) is 46.5 Å². The summed E-state index contributed by atoms with van der Waals surface area (Å²) in [5.74, 6) is -0.425. The molecule has 0 atom stereocenters. The van der Waals surface area contributed by atoms with Gasteiger partial charge in [0.1, 0.15) is 0 Å². The van der Waals surface area contributed by atoms with Gasteiger partial charge in [-0.2, -0.15) is 0 Å². The van der Waals surface area contributed by atoms with E-state index < -0.39 is 5.97 Å². The Bertz CT molecular complexity index is 874. The molecule has 0 heterocycles. The lowest BCUT2D eigenvalue weighted by atomic mass is 9.71. The molecule has 26 heavy (non-hydrogen) atoms. The lowest BCUT2D eigenvalue weighted by Crippen LogP contribution is -2.23. The second-order valence-corrected chi connectivity index (χ2v) is 8.12. The van der Waals surface area contributed by atoms with Crippen LogP contribution in [0.5, 0.6) is 0 Å². The minimum absolute atomic E-state index is 0.139. The summed E-state index contributed by atoms with van der Waals surface area (Å²) in [6.45, 7) is 11.2. The zero-order valence-electron chi connectivity index (χ0n) is 16.2. The van der Waals surface area contributed by atoms with Crippen molar-refractivity contribution in [3.8, 4) is 0 Å². The quantitative estimate of drug-likeness (QED) is 0.695. The van der Waals surface area contributed by atoms with Crippen molar-refractivity contribution in [1.82, 2.24) is 0 Å². The summed E-state index contributed by atoms with van der Waals surface area (Å²) in [6, 6.07) is 11.4. The van der Waals surface area contributed by atoms with Gasteiger partial charge in [-0.1, -0.05) is 39.8 Å². The highest BCUT2D eigenvalue weighted by molar-refractivity contribution is 5.88. The van der Waals surface area contributed by atoms with Crippen LogP contribution in [0.25, 0.3) is 5.57 Å². The van der Waals surface area contributed by atoms with Crippen LogP contribution in [0.1, 0.15) is 61.2 Å². The van der Waals surface area contributed by atoms with E-state index in [4.69, 9.17) is 5.11 Å². The SMILES string of the molecule is Cc1cc2c(cc1Nc1ccc(C(=O)O)cc1)C(C(C)C)=CCC2(C)C. The molecule has 0 spiro atoms. The van der Waals surface area contributed by atoms with E-state index in [0.717, 1.165) is 17.8 Å². The lowest BCUT2D eigenvalue weighted by Gasteiger charge is -2.34. The second kappa shape index (κ2) is 6.64. The van der Waals surface area contributed by atoms with Gasteiger partial charge in [-0.15, -0.1) is 0 Å². The Morgan fingerprint density at radius 1 is 1.15 bits per heavy atom. The Morgan fingerprint density at radius 2 is 1.81 bits per heavy atom. The number of allylic oxidation sites excluding steroid dienone is 2. The van der Waals surface area contributed by atoms with Crippen LogP contribution in [0.15, 0.2) is 42.5 Å². The number of carboxylic acids is 1. The molecule has 0 saturated carbocycles. The predicted molar refractivity (Wildman–Crippen MR) is 108 cm³/mol. The van der Waals surface area contributed by atoms with Gasteiger partial charge in [0.15, 0.2) is 0 Å². The van der Waals surface area contributed by atoms with Gasteiger partial charge in [0.25, 0.3) is 0 Å². The highest BCUT2D eigenvalue weighted by Gasteiger charge is 2.29. The molecule has 3 rings (SSSR count). The van der Waals surface area contributed by atoms with Crippen LogP contribution in [-0.4, -0.2) is 11.1 Å². The third kappa shape index (κ3) is 3.39. The van der Waals surface area contributed by atoms with Crippen molar-refractivity contribution in [2.24, 2.45) is 5.92 Å². The molecule has 1 aliphatic carbocycles. The Labute approximate surface area is 155 Å². The highest BCUT2D eigenvalue weighted by atomic mass is 16.4. The first-order chi connectivity index (χ1) is 12.2. The molecule has 3 heteroatoms. The van der Waals surface area contributed by atoms with Gasteiger partial charge >= 0.3 is 5.97 Å². The monoisotopic (exact) mass is 349 g/mol. The number of benzene rings is 2. The van der Waals surface area contributed by atoms with Crippen LogP contribution >= 0.6 is 0 Å². The third-order valence-corrected chi connectivity index (χ3v) is 5.27. The summed E-state index contributed by atoms with van der Waals surface area (Å²) < 4.78 is 0. The normalized spacial score (nSPS) is 15.4. The molecular formula is C23H27NO2. The largest absolute Gasteiger partial charge is 0.478 e. The maximum atomic E-state index is 11.0. The highest BCUT2D eigenvalue weighted by Crippen LogP contribution is 2.43. The minimum atomic E-state index is -0.907. The summed E-state index contributed by atoms with van der Waals surface area (Å²) in [4.78, 5) is 11.0. The number of carboxylic acid groups (broad SMARTS) is 1. The molecule has 0 bridgehead atoms. The lowest BCUT2D eigenvalue weighted by molar-refractivity contribution is 0.0697. The first kappa shape index (κ1) is 18.2. The van der Waals surface area contributed by atoms with E-state index in [1.807, 2.05) is 12.1 Å². The average Bonchev–Trinajstić information content (AvgIpc) is 2.56. The predicted octanol–water partition coefficient (Wildman–Crippen LogP) is 6.16. The molecule has 2 aromatic rings. The standard InChI is InChI=1S/C23H27NO2/c1-14(2)18-10-11-23(4,5)20-12-15(3)21(13-19(18)20)24-17-8-6-16(7-9-17)22(25)26/h6-10,12-14,24H,11H2,1-5H3,(H,25,26). The van der Waals surface area contributed by atoms with Gasteiger partial charge in [0.05, 0.1) is 5.56 Å². The van der Waals surface area contributed by atoms with Crippen molar-refractivity contribution < 1.29 is 9.90 Å². The Hall–Kier alpha value is -2.55. The van der Waals surface area contributed by atoms with Gasteiger partial charge in [-0.25, -0.2) is 4.79 Å². The van der Waals surface area contributed by atoms with Crippen LogP contribution in [0.2, 0.25) is 0 Å². The number of fused-ring (bicyclic) bond motifs is 1. The van der Waals surface area contributed by atoms with Gasteiger partial charge in [-0.3, -0.25) is 0 Å². The molecule has 1 aliphatic rings. The summed E-state index contributed by atoms with van der Waals surface area (Å²) in [7, 11) is 0. The fourth-order valence-electron chi connectivity index (χ4n) is 3.62. The maximum absolute atomic E-state index is 11.0. The molecule has 0 unspecified atom stereocenters. The zero-order chi connectivity index (χ0) is 19.1. The van der Waals surface area contributed by atoms with E-state index in [1.165, 1.54) is 22.3 Å². The Balaban J connectivity index is 2.01. The minimum Gasteiger partial charge on any atom is -0.478 e. The zero-order valence-corrected chi connectivity index (χ0v) is 16.2. The second-order valence-electron chi connectivity index (χ2n) is 8.12. The van der Waals surface area contributed by atoms with Gasteiger partial charge in [0, 0.05) is 11.4 Å². The summed E-state index contributed by atoms with van der Waals surface area (Å²) in [5, 5.41) is 12.5. The number of hydrogen-bond donors (Lipinski definition) is 2. The van der Waals surface area contributed by atoms with E-state index in [2.05, 4.69) is 58.1 Å². The molecule has 2 aromatic carbocycles. The Morgan fingerprint density at radius 3 is 2.38 bits per heavy atom. The smallest absolute Gasteiger partial charge is 0.335 e.